The summed E-state index contributed by atoms with van der Waals surface area (Å²) in [7, 11) is 0. The molecule has 0 aromatic heterocycles. The highest BCUT2D eigenvalue weighted by Crippen LogP contribution is 2.26. The van der Waals surface area contributed by atoms with Crippen LogP contribution >= 0.6 is 0 Å². The highest BCUT2D eigenvalue weighted by Gasteiger charge is 2.31. The van der Waals surface area contributed by atoms with Gasteiger partial charge in [-0.1, -0.05) is 18.2 Å². The molecular formula is C11H10F3O. The Morgan fingerprint density at radius 1 is 1.33 bits per heavy atom. The molecule has 0 aliphatic carbocycles. The Kier molecular flexibility index (Phi) is 3.39. The van der Waals surface area contributed by atoms with Gasteiger partial charge in [-0.2, -0.15) is 0 Å². The van der Waals surface area contributed by atoms with Gasteiger partial charge in [-0.05, 0) is 24.6 Å². The molecule has 0 N–H and O–H groups in total. The van der Waals surface area contributed by atoms with Crippen molar-refractivity contribution in [2.75, 3.05) is 0 Å². The van der Waals surface area contributed by atoms with Crippen molar-refractivity contribution in [3.63, 3.8) is 0 Å². The van der Waals surface area contributed by atoms with E-state index in [9.17, 15) is 13.2 Å². The van der Waals surface area contributed by atoms with Crippen LogP contribution in [0.2, 0.25) is 0 Å². The van der Waals surface area contributed by atoms with E-state index in [1.54, 1.807) is 12.1 Å². The smallest absolute Gasteiger partial charge is 0.406 e. The molecule has 0 heterocycles. The van der Waals surface area contributed by atoms with Crippen LogP contribution in [0.15, 0.2) is 36.9 Å². The van der Waals surface area contributed by atoms with Crippen LogP contribution in [0.3, 0.4) is 0 Å². The van der Waals surface area contributed by atoms with Gasteiger partial charge in [0.2, 0.25) is 0 Å². The van der Waals surface area contributed by atoms with E-state index in [-0.39, 0.29) is 11.7 Å². The molecule has 0 fully saturated rings. The molecule has 0 aliphatic heterocycles. The molecule has 1 aromatic rings. The fourth-order valence-corrected chi connectivity index (χ4v) is 1.08. The second-order valence-corrected chi connectivity index (χ2v) is 2.96. The zero-order valence-electron chi connectivity index (χ0n) is 7.92. The van der Waals surface area contributed by atoms with E-state index >= 15 is 0 Å². The summed E-state index contributed by atoms with van der Waals surface area (Å²) in [6, 6.07) is 5.69. The fraction of sp³-hybridized carbons (Fsp3) is 0.182. The Hall–Kier alpha value is -1.45. The molecular weight excluding hydrogens is 205 g/mol. The van der Waals surface area contributed by atoms with Crippen LogP contribution in [-0.4, -0.2) is 6.36 Å². The summed E-state index contributed by atoms with van der Waals surface area (Å²) in [4.78, 5) is 0. The Morgan fingerprint density at radius 2 is 2.00 bits per heavy atom. The van der Waals surface area contributed by atoms with Gasteiger partial charge >= 0.3 is 6.36 Å². The normalized spacial score (nSPS) is 13.3. The predicted octanol–water partition coefficient (Wildman–Crippen LogP) is 3.69. The maximum Gasteiger partial charge on any atom is 0.573 e. The van der Waals surface area contributed by atoms with E-state index in [4.69, 9.17) is 0 Å². The molecule has 4 heteroatoms. The maximum absolute atomic E-state index is 11.9. The van der Waals surface area contributed by atoms with Crippen LogP contribution in [0.4, 0.5) is 13.2 Å². The minimum absolute atomic E-state index is 0.240. The summed E-state index contributed by atoms with van der Waals surface area (Å²) in [6.45, 7) is 7.23. The highest BCUT2D eigenvalue weighted by molar-refractivity contribution is 5.33. The lowest BCUT2D eigenvalue weighted by Crippen LogP contribution is -2.17. The number of hydrogen-bond donors (Lipinski definition) is 0. The van der Waals surface area contributed by atoms with E-state index in [1.165, 1.54) is 18.2 Å². The number of allylic oxidation sites excluding steroid dienone is 1. The standard InChI is InChI=1S/C11H10F3O/c1-3-8(2)9-5-4-6-10(7-9)15-11(12,13)14/h3-8H,1-2H2. The number of rotatable bonds is 3. The molecule has 0 saturated carbocycles. The Bertz CT molecular complexity index is 344. The van der Waals surface area contributed by atoms with Gasteiger partial charge in [0.15, 0.2) is 0 Å². The van der Waals surface area contributed by atoms with Crippen LogP contribution in [0, 0.1) is 6.92 Å². The van der Waals surface area contributed by atoms with E-state index in [2.05, 4.69) is 18.2 Å². The van der Waals surface area contributed by atoms with Crippen molar-refractivity contribution in [3.05, 3.63) is 49.4 Å². The average Bonchev–Trinajstić information content (AvgIpc) is 2.14. The lowest BCUT2D eigenvalue weighted by atomic mass is 10.0. The molecule has 0 aliphatic rings. The SMILES string of the molecule is [CH2]C(C=C)c1cccc(OC(F)(F)F)c1. The van der Waals surface area contributed by atoms with Crippen molar-refractivity contribution in [1.29, 1.82) is 0 Å². The van der Waals surface area contributed by atoms with Crippen molar-refractivity contribution in [2.24, 2.45) is 0 Å². The van der Waals surface area contributed by atoms with Gasteiger partial charge in [0.05, 0.1) is 0 Å². The molecule has 1 radical (unpaired) electrons. The molecule has 1 atom stereocenters. The Balaban J connectivity index is 2.88. The van der Waals surface area contributed by atoms with Crippen LogP contribution in [0.1, 0.15) is 11.5 Å². The molecule has 0 spiro atoms. The van der Waals surface area contributed by atoms with Gasteiger partial charge in [-0.25, -0.2) is 0 Å². The topological polar surface area (TPSA) is 9.23 Å². The lowest BCUT2D eigenvalue weighted by molar-refractivity contribution is -0.274. The first-order valence-electron chi connectivity index (χ1n) is 4.24. The predicted molar refractivity (Wildman–Crippen MR) is 51.4 cm³/mol. The molecule has 0 saturated heterocycles. The summed E-state index contributed by atoms with van der Waals surface area (Å²) < 4.78 is 39.5. The number of ether oxygens (including phenoxy) is 1. The Labute approximate surface area is 86.2 Å². The van der Waals surface area contributed by atoms with E-state index < -0.39 is 6.36 Å². The van der Waals surface area contributed by atoms with Gasteiger partial charge < -0.3 is 4.74 Å². The van der Waals surface area contributed by atoms with Crippen molar-refractivity contribution >= 4 is 0 Å². The minimum Gasteiger partial charge on any atom is -0.406 e. The molecule has 1 unspecified atom stereocenters. The van der Waals surface area contributed by atoms with Crippen molar-refractivity contribution in [1.82, 2.24) is 0 Å². The fourth-order valence-electron chi connectivity index (χ4n) is 1.08. The first kappa shape index (κ1) is 11.6. The zero-order valence-corrected chi connectivity index (χ0v) is 7.92. The van der Waals surface area contributed by atoms with Gasteiger partial charge in [-0.15, -0.1) is 19.8 Å². The molecule has 81 valence electrons. The summed E-state index contributed by atoms with van der Waals surface area (Å²) in [5.41, 5.74) is 0.631. The molecule has 1 aromatic carbocycles. The number of hydrogen-bond acceptors (Lipinski definition) is 1. The number of benzene rings is 1. The average molecular weight is 215 g/mol. The highest BCUT2D eigenvalue weighted by atomic mass is 19.4. The van der Waals surface area contributed by atoms with Gasteiger partial charge in [0, 0.05) is 5.92 Å². The van der Waals surface area contributed by atoms with Crippen LogP contribution in [0.25, 0.3) is 0 Å². The third-order valence-electron chi connectivity index (χ3n) is 1.80. The summed E-state index contributed by atoms with van der Waals surface area (Å²) in [5.74, 6) is -0.489. The van der Waals surface area contributed by atoms with Crippen LogP contribution < -0.4 is 4.74 Å². The Morgan fingerprint density at radius 3 is 2.53 bits per heavy atom. The second-order valence-electron chi connectivity index (χ2n) is 2.96. The van der Waals surface area contributed by atoms with Crippen LogP contribution in [0.5, 0.6) is 5.75 Å². The largest absolute Gasteiger partial charge is 0.573 e. The number of alkyl halides is 3. The summed E-state index contributed by atoms with van der Waals surface area (Å²) >= 11 is 0. The quantitative estimate of drug-likeness (QED) is 0.698. The van der Waals surface area contributed by atoms with E-state index in [0.717, 1.165) is 0 Å². The second kappa shape index (κ2) is 4.38. The third-order valence-corrected chi connectivity index (χ3v) is 1.80. The monoisotopic (exact) mass is 215 g/mol. The number of halogens is 3. The minimum atomic E-state index is -4.66. The molecule has 0 amide bonds. The first-order chi connectivity index (χ1) is 6.92. The van der Waals surface area contributed by atoms with Crippen molar-refractivity contribution < 1.29 is 17.9 Å². The molecule has 1 rings (SSSR count). The summed E-state index contributed by atoms with van der Waals surface area (Å²) in [5, 5.41) is 0. The molecule has 15 heavy (non-hydrogen) atoms. The summed E-state index contributed by atoms with van der Waals surface area (Å²) in [6.07, 6.45) is -3.11. The lowest BCUT2D eigenvalue weighted by Gasteiger charge is -2.11. The first-order valence-corrected chi connectivity index (χ1v) is 4.24. The van der Waals surface area contributed by atoms with Crippen molar-refractivity contribution in [3.8, 4) is 5.75 Å². The molecule has 1 nitrogen and oxygen atoms in total. The van der Waals surface area contributed by atoms with Gasteiger partial charge in [0.25, 0.3) is 0 Å². The third kappa shape index (κ3) is 3.65. The van der Waals surface area contributed by atoms with E-state index in [1.807, 2.05) is 0 Å². The van der Waals surface area contributed by atoms with Crippen LogP contribution in [-0.2, 0) is 0 Å². The molecule has 0 bridgehead atoms. The maximum atomic E-state index is 11.9. The zero-order chi connectivity index (χ0) is 11.5. The van der Waals surface area contributed by atoms with E-state index in [0.29, 0.717) is 5.56 Å². The van der Waals surface area contributed by atoms with Gasteiger partial charge in [0.1, 0.15) is 5.75 Å². The van der Waals surface area contributed by atoms with Gasteiger partial charge in [-0.3, -0.25) is 0 Å². The van der Waals surface area contributed by atoms with Crippen molar-refractivity contribution in [2.45, 2.75) is 12.3 Å².